The summed E-state index contributed by atoms with van der Waals surface area (Å²) < 4.78 is 0. The van der Waals surface area contributed by atoms with Crippen LogP contribution in [-0.4, -0.2) is 73.0 Å². The molecule has 0 atom stereocenters. The summed E-state index contributed by atoms with van der Waals surface area (Å²) in [6.07, 6.45) is 8.28. The van der Waals surface area contributed by atoms with Crippen LogP contribution in [0.1, 0.15) is 22.3 Å². The normalized spacial score (nSPS) is 11.4. The molecule has 0 aliphatic rings. The van der Waals surface area contributed by atoms with Crippen molar-refractivity contribution in [3.8, 4) is 0 Å². The molecule has 0 spiro atoms. The Morgan fingerprint density at radius 2 is 0.611 bits per heavy atom. The Hall–Kier alpha value is -3.42. The number of hydrogen-bond acceptors (Lipinski definition) is 6. The van der Waals surface area contributed by atoms with Crippen LogP contribution >= 0.6 is 0 Å². The summed E-state index contributed by atoms with van der Waals surface area (Å²) in [5.41, 5.74) is 6.33. The highest BCUT2D eigenvalue weighted by atomic mass is 16.3. The van der Waals surface area contributed by atoms with Crippen molar-refractivity contribution in [2.75, 3.05) is 62.4 Å². The molecule has 0 fully saturated rings. The monoisotopic (exact) mass is 488 g/mol. The fourth-order valence-corrected chi connectivity index (χ4v) is 3.92. The fraction of sp³-hybridized carbons (Fsp3) is 0.267. The predicted molar refractivity (Wildman–Crippen MR) is 150 cm³/mol. The van der Waals surface area contributed by atoms with Crippen LogP contribution in [0.25, 0.3) is 24.3 Å². The number of nitrogens with zero attached hydrogens (tertiary/aromatic N) is 2. The highest BCUT2D eigenvalue weighted by molar-refractivity contribution is 5.73. The van der Waals surface area contributed by atoms with Gasteiger partial charge < -0.3 is 30.2 Å². The van der Waals surface area contributed by atoms with Gasteiger partial charge in [-0.3, -0.25) is 0 Å². The Labute approximate surface area is 213 Å². The zero-order valence-electron chi connectivity index (χ0n) is 20.6. The van der Waals surface area contributed by atoms with Gasteiger partial charge in [-0.2, -0.15) is 0 Å². The number of anilines is 2. The van der Waals surface area contributed by atoms with Gasteiger partial charge in [-0.15, -0.1) is 0 Å². The second-order valence-corrected chi connectivity index (χ2v) is 8.38. The molecule has 0 amide bonds. The second kappa shape index (κ2) is 14.9. The third-order valence-corrected chi connectivity index (χ3v) is 5.87. The van der Waals surface area contributed by atoms with Gasteiger partial charge in [0.2, 0.25) is 0 Å². The van der Waals surface area contributed by atoms with Gasteiger partial charge in [-0.05, 0) is 46.5 Å². The highest BCUT2D eigenvalue weighted by Crippen LogP contribution is 2.19. The van der Waals surface area contributed by atoms with Gasteiger partial charge in [-0.25, -0.2) is 0 Å². The molecule has 190 valence electrons. The van der Waals surface area contributed by atoms with Crippen molar-refractivity contribution in [1.82, 2.24) is 0 Å². The molecule has 3 rings (SSSR count). The summed E-state index contributed by atoms with van der Waals surface area (Å²) in [5.74, 6) is 0. The summed E-state index contributed by atoms with van der Waals surface area (Å²) in [6, 6.07) is 24.5. The zero-order chi connectivity index (χ0) is 25.6. The van der Waals surface area contributed by atoms with Crippen LogP contribution in [0, 0.1) is 0 Å². The molecule has 6 heteroatoms. The van der Waals surface area contributed by atoms with Crippen molar-refractivity contribution in [1.29, 1.82) is 0 Å². The molecule has 3 aromatic rings. The molecule has 3 aromatic carbocycles. The van der Waals surface area contributed by atoms with E-state index < -0.39 is 0 Å². The first-order valence-electron chi connectivity index (χ1n) is 12.3. The molecule has 6 nitrogen and oxygen atoms in total. The Balaban J connectivity index is 1.58. The lowest BCUT2D eigenvalue weighted by Gasteiger charge is -2.22. The van der Waals surface area contributed by atoms with Crippen molar-refractivity contribution in [2.45, 2.75) is 0 Å². The van der Waals surface area contributed by atoms with Crippen LogP contribution in [0.3, 0.4) is 0 Å². The molecular formula is C30H36N2O4. The smallest absolute Gasteiger partial charge is 0.0606 e. The number of hydrogen-bond donors (Lipinski definition) is 4. The number of aliphatic hydroxyl groups is 4. The Morgan fingerprint density at radius 3 is 0.833 bits per heavy atom. The van der Waals surface area contributed by atoms with E-state index in [0.717, 1.165) is 33.6 Å². The zero-order valence-corrected chi connectivity index (χ0v) is 20.6. The van der Waals surface area contributed by atoms with Gasteiger partial charge in [0.1, 0.15) is 0 Å². The van der Waals surface area contributed by atoms with Crippen molar-refractivity contribution >= 4 is 35.7 Å². The van der Waals surface area contributed by atoms with Gasteiger partial charge in [0.05, 0.1) is 26.4 Å². The largest absolute Gasteiger partial charge is 0.395 e. The van der Waals surface area contributed by atoms with Crippen LogP contribution in [0.4, 0.5) is 11.4 Å². The van der Waals surface area contributed by atoms with Crippen LogP contribution in [0.2, 0.25) is 0 Å². The predicted octanol–water partition coefficient (Wildman–Crippen LogP) is 3.61. The minimum Gasteiger partial charge on any atom is -0.395 e. The summed E-state index contributed by atoms with van der Waals surface area (Å²) in [5, 5.41) is 36.8. The third kappa shape index (κ3) is 8.36. The quantitative estimate of drug-likeness (QED) is 0.259. The SMILES string of the molecule is OCCN(CCO)c1ccc(C=Cc2ccc(C=Cc3ccc(N(CCO)CCO)cc3)cc2)cc1. The van der Waals surface area contributed by atoms with E-state index in [-0.39, 0.29) is 26.4 Å². The minimum atomic E-state index is 0.0503. The summed E-state index contributed by atoms with van der Waals surface area (Å²) in [6.45, 7) is 2.18. The van der Waals surface area contributed by atoms with Gasteiger partial charge in [0.15, 0.2) is 0 Å². The maximum atomic E-state index is 9.21. The molecule has 0 aliphatic carbocycles. The van der Waals surface area contributed by atoms with Crippen LogP contribution in [0.5, 0.6) is 0 Å². The molecule has 0 unspecified atom stereocenters. The average Bonchev–Trinajstić information content (AvgIpc) is 2.92. The summed E-state index contributed by atoms with van der Waals surface area (Å²) >= 11 is 0. The maximum Gasteiger partial charge on any atom is 0.0606 e. The molecule has 4 N–H and O–H groups in total. The van der Waals surface area contributed by atoms with E-state index in [1.165, 1.54) is 0 Å². The first-order chi connectivity index (χ1) is 17.7. The molecule has 0 bridgehead atoms. The second-order valence-electron chi connectivity index (χ2n) is 8.38. The summed E-state index contributed by atoms with van der Waals surface area (Å²) in [4.78, 5) is 3.91. The third-order valence-electron chi connectivity index (χ3n) is 5.87. The van der Waals surface area contributed by atoms with Crippen LogP contribution in [0.15, 0.2) is 72.8 Å². The summed E-state index contributed by atoms with van der Waals surface area (Å²) in [7, 11) is 0. The van der Waals surface area contributed by atoms with Crippen molar-refractivity contribution in [2.24, 2.45) is 0 Å². The molecule has 0 aromatic heterocycles. The van der Waals surface area contributed by atoms with Gasteiger partial charge in [0, 0.05) is 37.6 Å². The van der Waals surface area contributed by atoms with E-state index in [1.807, 2.05) is 58.3 Å². The molecule has 0 saturated carbocycles. The molecule has 0 aliphatic heterocycles. The van der Waals surface area contributed by atoms with Crippen LogP contribution in [-0.2, 0) is 0 Å². The maximum absolute atomic E-state index is 9.21. The van der Waals surface area contributed by atoms with Crippen molar-refractivity contribution < 1.29 is 20.4 Å². The van der Waals surface area contributed by atoms with E-state index >= 15 is 0 Å². The van der Waals surface area contributed by atoms with Gasteiger partial charge >= 0.3 is 0 Å². The van der Waals surface area contributed by atoms with Crippen LogP contribution < -0.4 is 9.80 Å². The lowest BCUT2D eigenvalue weighted by molar-refractivity contribution is 0.280. The van der Waals surface area contributed by atoms with Gasteiger partial charge in [-0.1, -0.05) is 72.8 Å². The average molecular weight is 489 g/mol. The Morgan fingerprint density at radius 1 is 0.389 bits per heavy atom. The first-order valence-corrected chi connectivity index (χ1v) is 12.3. The topological polar surface area (TPSA) is 87.4 Å². The van der Waals surface area contributed by atoms with Crippen molar-refractivity contribution in [3.05, 3.63) is 95.1 Å². The lowest BCUT2D eigenvalue weighted by atomic mass is 10.1. The highest BCUT2D eigenvalue weighted by Gasteiger charge is 2.05. The Bertz CT molecular complexity index is 977. The lowest BCUT2D eigenvalue weighted by Crippen LogP contribution is -2.29. The van der Waals surface area contributed by atoms with E-state index in [1.54, 1.807) is 0 Å². The molecule has 0 heterocycles. The standard InChI is InChI=1S/C30H36N2O4/c33-21-17-31(18-22-34)29-13-9-27(10-14-29)7-5-25-1-2-26(4-3-25)6-8-28-11-15-30(16-12-28)32(19-23-35)20-24-36/h1-16,33-36H,17-24H2. The van der Waals surface area contributed by atoms with E-state index in [4.69, 9.17) is 0 Å². The molecular weight excluding hydrogens is 452 g/mol. The van der Waals surface area contributed by atoms with Gasteiger partial charge in [0.25, 0.3) is 0 Å². The fourth-order valence-electron chi connectivity index (χ4n) is 3.92. The number of benzene rings is 3. The molecule has 0 radical (unpaired) electrons. The first kappa shape index (κ1) is 27.2. The van der Waals surface area contributed by atoms with E-state index in [2.05, 4.69) is 48.6 Å². The number of rotatable bonds is 14. The minimum absolute atomic E-state index is 0.0503. The molecule has 36 heavy (non-hydrogen) atoms. The van der Waals surface area contributed by atoms with Crippen molar-refractivity contribution in [3.63, 3.8) is 0 Å². The van der Waals surface area contributed by atoms with E-state index in [9.17, 15) is 20.4 Å². The molecule has 0 saturated heterocycles. The number of aliphatic hydroxyl groups excluding tert-OH is 4. The Kier molecular flexibility index (Phi) is 11.2. The van der Waals surface area contributed by atoms with E-state index in [0.29, 0.717) is 26.2 Å².